The lowest BCUT2D eigenvalue weighted by molar-refractivity contribution is 0.811. The van der Waals surface area contributed by atoms with Crippen molar-refractivity contribution in [3.63, 3.8) is 0 Å². The van der Waals surface area contributed by atoms with Crippen LogP contribution in [0.3, 0.4) is 0 Å². The van der Waals surface area contributed by atoms with Crippen molar-refractivity contribution >= 4 is 22.9 Å². The van der Waals surface area contributed by atoms with Gasteiger partial charge in [0.05, 0.1) is 12.9 Å². The fourth-order valence-corrected chi connectivity index (χ4v) is 1.93. The fourth-order valence-electron chi connectivity index (χ4n) is 1.93. The third kappa shape index (κ3) is 2.27. The maximum absolute atomic E-state index is 4.45. The number of fused-ring (bicyclic) bond motifs is 1. The molecule has 0 atom stereocenters. The lowest BCUT2D eigenvalue weighted by Crippen LogP contribution is -2.09. The van der Waals surface area contributed by atoms with E-state index in [4.69, 9.17) is 0 Å². The molecule has 104 valence electrons. The number of aromatic amines is 1. The average Bonchev–Trinajstić information content (AvgIpc) is 3.05. The highest BCUT2D eigenvalue weighted by molar-refractivity contribution is 5.83. The third-order valence-electron chi connectivity index (χ3n) is 2.96. The van der Waals surface area contributed by atoms with E-state index in [1.54, 1.807) is 12.5 Å². The minimum Gasteiger partial charge on any atom is -0.361 e. The van der Waals surface area contributed by atoms with Crippen LogP contribution in [0.2, 0.25) is 0 Å². The molecule has 3 heterocycles. The Labute approximate surface area is 115 Å². The Balaban J connectivity index is 1.89. The van der Waals surface area contributed by atoms with E-state index in [-0.39, 0.29) is 0 Å². The van der Waals surface area contributed by atoms with Crippen LogP contribution in [-0.2, 0) is 13.6 Å². The van der Waals surface area contributed by atoms with Gasteiger partial charge in [-0.15, -0.1) is 0 Å². The number of aryl methyl sites for hydroxylation is 1. The number of rotatable bonds is 5. The monoisotopic (exact) mass is 272 g/mol. The molecule has 3 N–H and O–H groups in total. The van der Waals surface area contributed by atoms with Gasteiger partial charge >= 0.3 is 0 Å². The van der Waals surface area contributed by atoms with Gasteiger partial charge in [0.15, 0.2) is 11.5 Å². The Bertz CT molecular complexity index is 713. The van der Waals surface area contributed by atoms with Gasteiger partial charge in [-0.3, -0.25) is 0 Å². The van der Waals surface area contributed by atoms with Crippen molar-refractivity contribution in [2.45, 2.75) is 13.5 Å². The first-order valence-electron chi connectivity index (χ1n) is 6.43. The van der Waals surface area contributed by atoms with E-state index in [9.17, 15) is 0 Å². The van der Waals surface area contributed by atoms with Crippen LogP contribution in [-0.4, -0.2) is 36.0 Å². The van der Waals surface area contributed by atoms with Gasteiger partial charge in [0, 0.05) is 26.0 Å². The van der Waals surface area contributed by atoms with E-state index in [2.05, 4.69) is 35.6 Å². The van der Waals surface area contributed by atoms with Gasteiger partial charge in [-0.05, 0) is 6.92 Å². The molecule has 0 aliphatic rings. The summed E-state index contributed by atoms with van der Waals surface area (Å²) in [5.74, 6) is 2.21. The number of nitrogens with zero attached hydrogens (tertiary/aromatic N) is 5. The normalized spacial score (nSPS) is 10.9. The van der Waals surface area contributed by atoms with Gasteiger partial charge < -0.3 is 20.2 Å². The molecule has 0 spiro atoms. The smallest absolute Gasteiger partial charge is 0.226 e. The number of hydrogen-bond acceptors (Lipinski definition) is 6. The third-order valence-corrected chi connectivity index (χ3v) is 2.96. The molecular formula is C12H16N8. The summed E-state index contributed by atoms with van der Waals surface area (Å²) < 4.78 is 1.96. The zero-order valence-corrected chi connectivity index (χ0v) is 11.4. The number of imidazole rings is 2. The number of nitrogens with one attached hydrogen (secondary N) is 3. The van der Waals surface area contributed by atoms with Crippen molar-refractivity contribution in [3.05, 3.63) is 24.5 Å². The number of aromatic nitrogens is 6. The molecule has 0 aliphatic heterocycles. The first kappa shape index (κ1) is 12.4. The maximum Gasteiger partial charge on any atom is 0.226 e. The topological polar surface area (TPSA) is 96.3 Å². The Hall–Kier alpha value is -2.64. The van der Waals surface area contributed by atoms with Crippen LogP contribution >= 0.6 is 0 Å². The van der Waals surface area contributed by atoms with Crippen molar-refractivity contribution in [3.8, 4) is 0 Å². The second-order valence-electron chi connectivity index (χ2n) is 4.34. The van der Waals surface area contributed by atoms with Gasteiger partial charge in [0.1, 0.15) is 11.3 Å². The molecule has 8 nitrogen and oxygen atoms in total. The van der Waals surface area contributed by atoms with Gasteiger partial charge in [-0.25, -0.2) is 9.97 Å². The summed E-state index contributed by atoms with van der Waals surface area (Å²) in [6.07, 6.45) is 5.29. The molecule has 0 aromatic carbocycles. The highest BCUT2D eigenvalue weighted by Gasteiger charge is 2.10. The Kier molecular flexibility index (Phi) is 3.20. The molecule has 0 saturated heterocycles. The van der Waals surface area contributed by atoms with Crippen LogP contribution in [0.1, 0.15) is 12.7 Å². The van der Waals surface area contributed by atoms with Crippen LogP contribution in [0.25, 0.3) is 11.2 Å². The molecule has 3 rings (SSSR count). The molecule has 0 aliphatic carbocycles. The zero-order valence-electron chi connectivity index (χ0n) is 11.4. The molecule has 20 heavy (non-hydrogen) atoms. The van der Waals surface area contributed by atoms with E-state index in [0.717, 1.165) is 17.9 Å². The minimum absolute atomic E-state index is 0.564. The van der Waals surface area contributed by atoms with Crippen molar-refractivity contribution in [2.75, 3.05) is 17.2 Å². The second kappa shape index (κ2) is 5.16. The maximum atomic E-state index is 4.45. The van der Waals surface area contributed by atoms with Crippen molar-refractivity contribution < 1.29 is 0 Å². The SMILES string of the molecule is CCNc1nc(NCc2nccn2C)c2[nH]cnc2n1. The molecular weight excluding hydrogens is 256 g/mol. The van der Waals surface area contributed by atoms with Crippen molar-refractivity contribution in [1.29, 1.82) is 0 Å². The summed E-state index contributed by atoms with van der Waals surface area (Å²) in [5, 5.41) is 6.37. The molecule has 0 radical (unpaired) electrons. The van der Waals surface area contributed by atoms with E-state index < -0.39 is 0 Å². The fraction of sp³-hybridized carbons (Fsp3) is 0.333. The highest BCUT2D eigenvalue weighted by atomic mass is 15.2. The van der Waals surface area contributed by atoms with E-state index in [1.165, 1.54) is 0 Å². The van der Waals surface area contributed by atoms with E-state index in [1.807, 2.05) is 24.7 Å². The predicted octanol–water partition coefficient (Wildman–Crippen LogP) is 1.13. The van der Waals surface area contributed by atoms with Gasteiger partial charge in [0.25, 0.3) is 0 Å². The molecule has 0 fully saturated rings. The molecule has 3 aromatic rings. The Morgan fingerprint density at radius 3 is 2.90 bits per heavy atom. The first-order chi connectivity index (χ1) is 9.78. The van der Waals surface area contributed by atoms with Crippen molar-refractivity contribution in [1.82, 2.24) is 29.5 Å². The molecule has 8 heteroatoms. The van der Waals surface area contributed by atoms with Crippen molar-refractivity contribution in [2.24, 2.45) is 7.05 Å². The quantitative estimate of drug-likeness (QED) is 0.644. The van der Waals surface area contributed by atoms with E-state index >= 15 is 0 Å². The van der Waals surface area contributed by atoms with Crippen LogP contribution in [0.15, 0.2) is 18.7 Å². The Morgan fingerprint density at radius 1 is 1.25 bits per heavy atom. The highest BCUT2D eigenvalue weighted by Crippen LogP contribution is 2.18. The predicted molar refractivity (Wildman–Crippen MR) is 76.4 cm³/mol. The van der Waals surface area contributed by atoms with Crippen LogP contribution in [0.4, 0.5) is 11.8 Å². The minimum atomic E-state index is 0.564. The molecule has 0 bridgehead atoms. The molecule has 0 saturated carbocycles. The lowest BCUT2D eigenvalue weighted by Gasteiger charge is -2.08. The zero-order chi connectivity index (χ0) is 13.9. The van der Waals surface area contributed by atoms with Gasteiger partial charge in [-0.2, -0.15) is 9.97 Å². The number of hydrogen-bond donors (Lipinski definition) is 3. The Morgan fingerprint density at radius 2 is 2.15 bits per heavy atom. The summed E-state index contributed by atoms with van der Waals surface area (Å²) in [5.41, 5.74) is 1.43. The summed E-state index contributed by atoms with van der Waals surface area (Å²) in [6, 6.07) is 0. The van der Waals surface area contributed by atoms with Crippen LogP contribution < -0.4 is 10.6 Å². The first-order valence-corrected chi connectivity index (χ1v) is 6.43. The standard InChI is InChI=1S/C12H16N8/c1-3-13-12-18-10(9-11(19-12)17-7-16-9)15-6-8-14-4-5-20(8)2/h4-5,7H,3,6H2,1-2H3,(H3,13,15,16,17,18,19). The summed E-state index contributed by atoms with van der Waals surface area (Å²) in [7, 11) is 1.96. The van der Waals surface area contributed by atoms with Crippen LogP contribution in [0, 0.1) is 0 Å². The van der Waals surface area contributed by atoms with E-state index in [0.29, 0.717) is 24.0 Å². The van der Waals surface area contributed by atoms with Gasteiger partial charge in [-0.1, -0.05) is 0 Å². The van der Waals surface area contributed by atoms with Gasteiger partial charge in [0.2, 0.25) is 5.95 Å². The summed E-state index contributed by atoms with van der Waals surface area (Å²) in [6.45, 7) is 3.34. The molecule has 0 amide bonds. The largest absolute Gasteiger partial charge is 0.361 e. The van der Waals surface area contributed by atoms with Crippen LogP contribution in [0.5, 0.6) is 0 Å². The summed E-state index contributed by atoms with van der Waals surface area (Å²) >= 11 is 0. The molecule has 0 unspecified atom stereocenters. The lowest BCUT2D eigenvalue weighted by atomic mass is 10.4. The summed E-state index contributed by atoms with van der Waals surface area (Å²) in [4.78, 5) is 20.3. The average molecular weight is 272 g/mol. The molecule has 3 aromatic heterocycles. The number of H-pyrrole nitrogens is 1. The second-order valence-corrected chi connectivity index (χ2v) is 4.34. The number of anilines is 2.